The van der Waals surface area contributed by atoms with E-state index in [0.29, 0.717) is 6.61 Å². The van der Waals surface area contributed by atoms with Crippen LogP contribution in [0.1, 0.15) is 23.7 Å². The molecule has 0 fully saturated rings. The average molecular weight is 208 g/mol. The second-order valence-corrected chi connectivity index (χ2v) is 3.10. The van der Waals surface area contributed by atoms with Crippen LogP contribution in [-0.4, -0.2) is 29.7 Å². The monoisotopic (exact) mass is 208 g/mol. The predicted octanol–water partition coefficient (Wildman–Crippen LogP) is -0.0668. The molecule has 1 aromatic carbocycles. The minimum Gasteiger partial charge on any atom is -0.462 e. The van der Waals surface area contributed by atoms with Gasteiger partial charge >= 0.3 is 13.1 Å². The van der Waals surface area contributed by atoms with Gasteiger partial charge in [0.15, 0.2) is 0 Å². The van der Waals surface area contributed by atoms with Crippen LogP contribution >= 0.6 is 0 Å². The minimum atomic E-state index is -1.66. The van der Waals surface area contributed by atoms with E-state index in [-0.39, 0.29) is 11.0 Å². The van der Waals surface area contributed by atoms with E-state index in [9.17, 15) is 4.79 Å². The molecule has 1 aromatic rings. The average Bonchev–Trinajstić information content (AvgIpc) is 2.25. The van der Waals surface area contributed by atoms with Crippen molar-refractivity contribution in [3.05, 3.63) is 29.8 Å². The molecule has 0 spiro atoms. The molecular weight excluding hydrogens is 195 g/mol. The van der Waals surface area contributed by atoms with Crippen molar-refractivity contribution in [2.45, 2.75) is 13.3 Å². The third-order valence-electron chi connectivity index (χ3n) is 1.90. The highest BCUT2D eigenvalue weighted by atomic mass is 16.5. The fourth-order valence-electron chi connectivity index (χ4n) is 1.18. The van der Waals surface area contributed by atoms with Crippen LogP contribution in [0.25, 0.3) is 0 Å². The van der Waals surface area contributed by atoms with Gasteiger partial charge < -0.3 is 14.8 Å². The molecule has 0 aliphatic rings. The molecule has 0 bridgehead atoms. The molecule has 4 nitrogen and oxygen atoms in total. The van der Waals surface area contributed by atoms with Crippen molar-refractivity contribution in [3.63, 3.8) is 0 Å². The van der Waals surface area contributed by atoms with Gasteiger partial charge in [0, 0.05) is 0 Å². The van der Waals surface area contributed by atoms with E-state index < -0.39 is 13.1 Å². The molecular formula is C10H13BO4. The quantitative estimate of drug-likeness (QED) is 0.537. The number of benzene rings is 1. The van der Waals surface area contributed by atoms with E-state index in [1.54, 1.807) is 12.1 Å². The Morgan fingerprint density at radius 3 is 2.67 bits per heavy atom. The lowest BCUT2D eigenvalue weighted by molar-refractivity contribution is 0.0506. The molecule has 2 N–H and O–H groups in total. The summed E-state index contributed by atoms with van der Waals surface area (Å²) in [4.78, 5) is 11.5. The molecule has 15 heavy (non-hydrogen) atoms. The third-order valence-corrected chi connectivity index (χ3v) is 1.90. The number of carbonyl (C=O) groups excluding carboxylic acids is 1. The van der Waals surface area contributed by atoms with E-state index in [1.807, 2.05) is 6.92 Å². The van der Waals surface area contributed by atoms with Crippen LogP contribution in [-0.2, 0) is 4.74 Å². The molecule has 0 aliphatic carbocycles. The van der Waals surface area contributed by atoms with Crippen LogP contribution in [0.3, 0.4) is 0 Å². The lowest BCUT2D eigenvalue weighted by Gasteiger charge is -2.07. The number of carbonyl (C=O) groups is 1. The standard InChI is InChI=1S/C10H13BO4/c1-2-7-15-10(12)8-5-3-4-6-9(8)11(13)14/h3-6,13-14H,2,7H2,1H3. The maximum absolute atomic E-state index is 11.5. The number of ether oxygens (including phenoxy) is 1. The maximum Gasteiger partial charge on any atom is 0.489 e. The Kier molecular flexibility index (Phi) is 4.33. The summed E-state index contributed by atoms with van der Waals surface area (Å²) in [5.41, 5.74) is 0.361. The summed E-state index contributed by atoms with van der Waals surface area (Å²) in [6, 6.07) is 6.26. The second kappa shape index (κ2) is 5.53. The Labute approximate surface area is 88.6 Å². The van der Waals surface area contributed by atoms with Crippen molar-refractivity contribution in [2.75, 3.05) is 6.61 Å². The largest absolute Gasteiger partial charge is 0.489 e. The fourth-order valence-corrected chi connectivity index (χ4v) is 1.18. The molecule has 0 saturated carbocycles. The molecule has 1 rings (SSSR count). The van der Waals surface area contributed by atoms with Gasteiger partial charge in [-0.1, -0.05) is 25.1 Å². The topological polar surface area (TPSA) is 66.8 Å². The number of hydrogen-bond donors (Lipinski definition) is 2. The Morgan fingerprint density at radius 1 is 1.40 bits per heavy atom. The van der Waals surface area contributed by atoms with Crippen LogP contribution in [0.2, 0.25) is 0 Å². The van der Waals surface area contributed by atoms with Gasteiger partial charge in [-0.15, -0.1) is 0 Å². The first-order valence-electron chi connectivity index (χ1n) is 4.79. The molecule has 5 heteroatoms. The van der Waals surface area contributed by atoms with Crippen molar-refractivity contribution in [2.24, 2.45) is 0 Å². The maximum atomic E-state index is 11.5. The number of esters is 1. The highest BCUT2D eigenvalue weighted by Gasteiger charge is 2.20. The van der Waals surface area contributed by atoms with Gasteiger partial charge in [-0.3, -0.25) is 0 Å². The van der Waals surface area contributed by atoms with E-state index >= 15 is 0 Å². The first-order valence-corrected chi connectivity index (χ1v) is 4.79. The Balaban J connectivity index is 2.87. The number of rotatable bonds is 4. The van der Waals surface area contributed by atoms with Crippen molar-refractivity contribution in [1.82, 2.24) is 0 Å². The predicted molar refractivity (Wildman–Crippen MR) is 56.8 cm³/mol. The molecule has 0 heterocycles. The lowest BCUT2D eigenvalue weighted by Crippen LogP contribution is -2.35. The molecule has 80 valence electrons. The van der Waals surface area contributed by atoms with Gasteiger partial charge in [0.25, 0.3) is 0 Å². The first kappa shape index (κ1) is 11.7. The summed E-state index contributed by atoms with van der Waals surface area (Å²) >= 11 is 0. The summed E-state index contributed by atoms with van der Waals surface area (Å²) in [5, 5.41) is 18.1. The van der Waals surface area contributed by atoms with E-state index in [4.69, 9.17) is 14.8 Å². The van der Waals surface area contributed by atoms with Crippen LogP contribution in [0, 0.1) is 0 Å². The van der Waals surface area contributed by atoms with Crippen molar-refractivity contribution in [3.8, 4) is 0 Å². The van der Waals surface area contributed by atoms with Gasteiger partial charge in [0.1, 0.15) is 0 Å². The Morgan fingerprint density at radius 2 is 2.07 bits per heavy atom. The molecule has 0 unspecified atom stereocenters. The zero-order chi connectivity index (χ0) is 11.3. The Bertz CT molecular complexity index is 338. The summed E-state index contributed by atoms with van der Waals surface area (Å²) < 4.78 is 4.91. The van der Waals surface area contributed by atoms with E-state index in [2.05, 4.69) is 0 Å². The molecule has 0 amide bonds. The molecule has 0 aliphatic heterocycles. The third kappa shape index (κ3) is 3.07. The minimum absolute atomic E-state index is 0.165. The second-order valence-electron chi connectivity index (χ2n) is 3.10. The highest BCUT2D eigenvalue weighted by Crippen LogP contribution is 2.00. The Hall–Kier alpha value is -1.33. The first-order chi connectivity index (χ1) is 7.16. The van der Waals surface area contributed by atoms with Crippen molar-refractivity contribution >= 4 is 18.6 Å². The zero-order valence-corrected chi connectivity index (χ0v) is 8.51. The molecule has 0 atom stereocenters. The SMILES string of the molecule is CCCOC(=O)c1ccccc1B(O)O. The van der Waals surface area contributed by atoms with Crippen LogP contribution < -0.4 is 5.46 Å². The summed E-state index contributed by atoms with van der Waals surface area (Å²) in [7, 11) is -1.66. The number of hydrogen-bond acceptors (Lipinski definition) is 4. The van der Waals surface area contributed by atoms with Crippen LogP contribution in [0.4, 0.5) is 0 Å². The van der Waals surface area contributed by atoms with Crippen molar-refractivity contribution < 1.29 is 19.6 Å². The lowest BCUT2D eigenvalue weighted by atomic mass is 9.77. The normalized spacial score (nSPS) is 9.80. The zero-order valence-electron chi connectivity index (χ0n) is 8.51. The van der Waals surface area contributed by atoms with Gasteiger partial charge in [-0.05, 0) is 17.9 Å². The fraction of sp³-hybridized carbons (Fsp3) is 0.300. The molecule has 0 aromatic heterocycles. The highest BCUT2D eigenvalue weighted by molar-refractivity contribution is 6.60. The molecule has 0 radical (unpaired) electrons. The summed E-state index contributed by atoms with van der Waals surface area (Å²) in [6.07, 6.45) is 0.732. The van der Waals surface area contributed by atoms with Crippen LogP contribution in [0.5, 0.6) is 0 Å². The molecule has 0 saturated heterocycles. The van der Waals surface area contributed by atoms with E-state index in [1.165, 1.54) is 12.1 Å². The summed E-state index contributed by atoms with van der Waals surface area (Å²) in [6.45, 7) is 2.22. The van der Waals surface area contributed by atoms with Crippen molar-refractivity contribution in [1.29, 1.82) is 0 Å². The smallest absolute Gasteiger partial charge is 0.462 e. The van der Waals surface area contributed by atoms with Gasteiger partial charge in [0.05, 0.1) is 12.2 Å². The van der Waals surface area contributed by atoms with Gasteiger partial charge in [0.2, 0.25) is 0 Å². The van der Waals surface area contributed by atoms with Gasteiger partial charge in [-0.25, -0.2) is 4.79 Å². The van der Waals surface area contributed by atoms with E-state index in [0.717, 1.165) is 6.42 Å². The van der Waals surface area contributed by atoms with Gasteiger partial charge in [-0.2, -0.15) is 0 Å². The van der Waals surface area contributed by atoms with Crippen LogP contribution in [0.15, 0.2) is 24.3 Å². The summed E-state index contributed by atoms with van der Waals surface area (Å²) in [5.74, 6) is -0.527.